The van der Waals surface area contributed by atoms with Gasteiger partial charge in [-0.2, -0.15) is 0 Å². The first-order valence-corrected chi connectivity index (χ1v) is 8.69. The molecule has 1 atom stereocenters. The smallest absolute Gasteiger partial charge is 0.233 e. The number of hydrogen-bond acceptors (Lipinski definition) is 4. The van der Waals surface area contributed by atoms with Crippen molar-refractivity contribution < 1.29 is 4.79 Å². The molecule has 1 amide bonds. The lowest BCUT2D eigenvalue weighted by Gasteiger charge is -2.25. The van der Waals surface area contributed by atoms with Crippen molar-refractivity contribution in [1.82, 2.24) is 14.9 Å². The number of thioether (sulfide) groups is 1. The maximum absolute atomic E-state index is 12.4. The molecule has 0 spiro atoms. The third kappa shape index (κ3) is 4.94. The van der Waals surface area contributed by atoms with E-state index in [1.165, 1.54) is 11.8 Å². The van der Waals surface area contributed by atoms with Crippen LogP contribution in [0.25, 0.3) is 0 Å². The van der Waals surface area contributed by atoms with Gasteiger partial charge in [-0.25, -0.2) is 9.97 Å². The molecule has 122 valence electrons. The Morgan fingerprint density at radius 1 is 1.22 bits per heavy atom. The molecular weight excluding hydrogens is 330 g/mol. The second-order valence-electron chi connectivity index (χ2n) is 5.45. The zero-order valence-corrected chi connectivity index (χ0v) is 15.3. The minimum absolute atomic E-state index is 0.0134. The number of benzene rings is 1. The fourth-order valence-corrected chi connectivity index (χ4v) is 3.17. The summed E-state index contributed by atoms with van der Waals surface area (Å²) in [6.45, 7) is 5.85. The van der Waals surface area contributed by atoms with E-state index in [1.807, 2.05) is 58.2 Å². The molecule has 0 bridgehead atoms. The van der Waals surface area contributed by atoms with Crippen LogP contribution < -0.4 is 0 Å². The molecule has 4 nitrogen and oxygen atoms in total. The van der Waals surface area contributed by atoms with Crippen molar-refractivity contribution >= 4 is 29.3 Å². The van der Waals surface area contributed by atoms with Gasteiger partial charge >= 0.3 is 0 Å². The third-order valence-electron chi connectivity index (χ3n) is 3.61. The van der Waals surface area contributed by atoms with E-state index >= 15 is 0 Å². The Labute approximate surface area is 146 Å². The highest BCUT2D eigenvalue weighted by molar-refractivity contribution is 7.99. The number of carbonyl (C=O) groups is 1. The number of amides is 1. The monoisotopic (exact) mass is 349 g/mol. The summed E-state index contributed by atoms with van der Waals surface area (Å²) in [7, 11) is 1.81. The van der Waals surface area contributed by atoms with Crippen LogP contribution in [0.3, 0.4) is 0 Å². The Balaban J connectivity index is 1.97. The lowest BCUT2D eigenvalue weighted by atomic mass is 10.1. The molecule has 0 saturated heterocycles. The topological polar surface area (TPSA) is 46.1 Å². The van der Waals surface area contributed by atoms with E-state index in [4.69, 9.17) is 11.6 Å². The second-order valence-corrected chi connectivity index (χ2v) is 6.83. The maximum atomic E-state index is 12.4. The van der Waals surface area contributed by atoms with Gasteiger partial charge in [-0.05, 0) is 44.5 Å². The average Bonchev–Trinajstić information content (AvgIpc) is 2.51. The van der Waals surface area contributed by atoms with Crippen molar-refractivity contribution in [1.29, 1.82) is 0 Å². The molecule has 0 radical (unpaired) electrons. The molecule has 2 rings (SSSR count). The lowest BCUT2D eigenvalue weighted by Crippen LogP contribution is -2.31. The predicted octanol–water partition coefficient (Wildman–Crippen LogP) is 4.06. The van der Waals surface area contributed by atoms with Gasteiger partial charge < -0.3 is 4.90 Å². The van der Waals surface area contributed by atoms with Crippen LogP contribution in [0.2, 0.25) is 5.02 Å². The minimum atomic E-state index is -0.0134. The van der Waals surface area contributed by atoms with Gasteiger partial charge in [0.25, 0.3) is 0 Å². The van der Waals surface area contributed by atoms with Crippen LogP contribution in [0.1, 0.15) is 29.9 Å². The number of carbonyl (C=O) groups excluding carboxylic acids is 1. The highest BCUT2D eigenvalue weighted by Gasteiger charge is 2.18. The molecule has 0 aliphatic heterocycles. The summed E-state index contributed by atoms with van der Waals surface area (Å²) in [5, 5.41) is 1.33. The lowest BCUT2D eigenvalue weighted by molar-refractivity contribution is -0.128. The number of rotatable bonds is 5. The van der Waals surface area contributed by atoms with Crippen molar-refractivity contribution in [2.45, 2.75) is 32.0 Å². The van der Waals surface area contributed by atoms with E-state index in [0.717, 1.165) is 17.0 Å². The summed E-state index contributed by atoms with van der Waals surface area (Å²) in [4.78, 5) is 22.8. The van der Waals surface area contributed by atoms with Crippen molar-refractivity contribution in [3.8, 4) is 0 Å². The van der Waals surface area contributed by atoms with Gasteiger partial charge in [-0.3, -0.25) is 4.79 Å². The average molecular weight is 350 g/mol. The van der Waals surface area contributed by atoms with Gasteiger partial charge in [0.2, 0.25) is 5.91 Å². The van der Waals surface area contributed by atoms with E-state index in [0.29, 0.717) is 15.9 Å². The highest BCUT2D eigenvalue weighted by Crippen LogP contribution is 2.22. The SMILES string of the molecule is Cc1cc(C)nc(SCC(=O)N(C)C(C)c2ccc(Cl)cc2)n1. The van der Waals surface area contributed by atoms with Gasteiger partial charge in [0.1, 0.15) is 0 Å². The summed E-state index contributed by atoms with van der Waals surface area (Å²) in [6, 6.07) is 9.46. The first-order chi connectivity index (χ1) is 10.9. The number of aryl methyl sites for hydroxylation is 2. The minimum Gasteiger partial charge on any atom is -0.338 e. The summed E-state index contributed by atoms with van der Waals surface area (Å²) in [5.74, 6) is 0.359. The van der Waals surface area contributed by atoms with Gasteiger partial charge in [0.15, 0.2) is 5.16 Å². The Morgan fingerprint density at radius 3 is 2.35 bits per heavy atom. The Hall–Kier alpha value is -1.59. The van der Waals surface area contributed by atoms with Crippen LogP contribution in [0.5, 0.6) is 0 Å². The Bertz CT molecular complexity index is 670. The predicted molar refractivity (Wildman–Crippen MR) is 94.9 cm³/mol. The molecule has 0 aliphatic carbocycles. The number of nitrogens with zero attached hydrogens (tertiary/aromatic N) is 3. The third-order valence-corrected chi connectivity index (χ3v) is 4.70. The molecule has 23 heavy (non-hydrogen) atoms. The van der Waals surface area contributed by atoms with Crippen LogP contribution in [0.4, 0.5) is 0 Å². The van der Waals surface area contributed by atoms with Gasteiger partial charge in [0, 0.05) is 23.5 Å². The summed E-state index contributed by atoms with van der Waals surface area (Å²) >= 11 is 7.27. The largest absolute Gasteiger partial charge is 0.338 e. The van der Waals surface area contributed by atoms with Crippen molar-refractivity contribution in [3.63, 3.8) is 0 Å². The van der Waals surface area contributed by atoms with Crippen LogP contribution >= 0.6 is 23.4 Å². The highest BCUT2D eigenvalue weighted by atomic mass is 35.5. The number of halogens is 1. The molecular formula is C17H20ClN3OS. The number of aromatic nitrogens is 2. The van der Waals surface area contributed by atoms with Crippen LogP contribution in [0, 0.1) is 13.8 Å². The maximum Gasteiger partial charge on any atom is 0.233 e. The van der Waals surface area contributed by atoms with E-state index in [-0.39, 0.29) is 11.9 Å². The number of hydrogen-bond donors (Lipinski definition) is 0. The van der Waals surface area contributed by atoms with E-state index in [2.05, 4.69) is 9.97 Å². The van der Waals surface area contributed by atoms with Gasteiger partial charge in [-0.15, -0.1) is 0 Å². The van der Waals surface area contributed by atoms with Crippen molar-refractivity contribution in [2.24, 2.45) is 0 Å². The Morgan fingerprint density at radius 2 is 1.78 bits per heavy atom. The molecule has 0 N–H and O–H groups in total. The zero-order chi connectivity index (χ0) is 17.0. The van der Waals surface area contributed by atoms with Gasteiger partial charge in [-0.1, -0.05) is 35.5 Å². The van der Waals surface area contributed by atoms with E-state index in [9.17, 15) is 4.79 Å². The summed E-state index contributed by atoms with van der Waals surface area (Å²) in [5.41, 5.74) is 2.88. The summed E-state index contributed by atoms with van der Waals surface area (Å²) < 4.78 is 0. The van der Waals surface area contributed by atoms with Crippen LogP contribution in [0.15, 0.2) is 35.5 Å². The molecule has 0 saturated carbocycles. The second kappa shape index (κ2) is 7.79. The zero-order valence-electron chi connectivity index (χ0n) is 13.7. The molecule has 1 heterocycles. The van der Waals surface area contributed by atoms with E-state index in [1.54, 1.807) is 4.90 Å². The van der Waals surface area contributed by atoms with Crippen molar-refractivity contribution in [2.75, 3.05) is 12.8 Å². The quantitative estimate of drug-likeness (QED) is 0.603. The normalized spacial score (nSPS) is 12.0. The molecule has 1 unspecified atom stereocenters. The molecule has 1 aromatic carbocycles. The molecule has 1 aromatic heterocycles. The molecule has 2 aromatic rings. The fourth-order valence-electron chi connectivity index (χ4n) is 2.17. The van der Waals surface area contributed by atoms with Crippen LogP contribution in [-0.4, -0.2) is 33.6 Å². The Kier molecular flexibility index (Phi) is 6.02. The van der Waals surface area contributed by atoms with Crippen molar-refractivity contribution in [3.05, 3.63) is 52.3 Å². The fraction of sp³-hybridized carbons (Fsp3) is 0.353. The standard InChI is InChI=1S/C17H20ClN3OS/c1-11-9-12(2)20-17(19-11)23-10-16(22)21(4)13(3)14-5-7-15(18)8-6-14/h5-9,13H,10H2,1-4H3. The summed E-state index contributed by atoms with van der Waals surface area (Å²) in [6.07, 6.45) is 0. The van der Waals surface area contributed by atoms with Crippen LogP contribution in [-0.2, 0) is 4.79 Å². The molecule has 6 heteroatoms. The first kappa shape index (κ1) is 17.8. The first-order valence-electron chi connectivity index (χ1n) is 7.33. The van der Waals surface area contributed by atoms with E-state index < -0.39 is 0 Å². The molecule has 0 fully saturated rings. The molecule has 0 aliphatic rings. The van der Waals surface area contributed by atoms with Gasteiger partial charge in [0.05, 0.1) is 11.8 Å².